The van der Waals surface area contributed by atoms with Crippen LogP contribution < -0.4 is 0 Å². The number of methoxy groups -OCH3 is 1. The molecule has 1 aliphatic rings. The van der Waals surface area contributed by atoms with E-state index in [-0.39, 0.29) is 6.10 Å². The molecule has 0 radical (unpaired) electrons. The predicted octanol–water partition coefficient (Wildman–Crippen LogP) is 0.962. The molecule has 0 amide bonds. The van der Waals surface area contributed by atoms with E-state index in [1.165, 1.54) is 0 Å². The SMILES string of the molecule is COCCCN1CCOC(CCl)C1. The Morgan fingerprint density at radius 3 is 3.15 bits per heavy atom. The van der Waals surface area contributed by atoms with E-state index in [0.717, 1.165) is 39.3 Å². The van der Waals surface area contributed by atoms with Crippen LogP contribution in [0.5, 0.6) is 0 Å². The minimum atomic E-state index is 0.220. The Labute approximate surface area is 84.9 Å². The maximum Gasteiger partial charge on any atom is 0.0837 e. The van der Waals surface area contributed by atoms with Crippen molar-refractivity contribution in [3.63, 3.8) is 0 Å². The summed E-state index contributed by atoms with van der Waals surface area (Å²) in [5, 5.41) is 0. The third kappa shape index (κ3) is 4.27. The quantitative estimate of drug-likeness (QED) is 0.495. The van der Waals surface area contributed by atoms with Crippen molar-refractivity contribution >= 4 is 11.6 Å². The van der Waals surface area contributed by atoms with Gasteiger partial charge in [-0.1, -0.05) is 0 Å². The van der Waals surface area contributed by atoms with Crippen LogP contribution in [0.15, 0.2) is 0 Å². The van der Waals surface area contributed by atoms with Crippen molar-refractivity contribution in [2.75, 3.05) is 45.8 Å². The lowest BCUT2D eigenvalue weighted by atomic mass is 10.3. The van der Waals surface area contributed by atoms with Gasteiger partial charge in [-0.05, 0) is 6.42 Å². The fraction of sp³-hybridized carbons (Fsp3) is 1.00. The maximum absolute atomic E-state index is 5.73. The van der Waals surface area contributed by atoms with Gasteiger partial charge < -0.3 is 9.47 Å². The molecule has 1 heterocycles. The van der Waals surface area contributed by atoms with Gasteiger partial charge in [0.1, 0.15) is 0 Å². The van der Waals surface area contributed by atoms with Crippen LogP contribution in [-0.2, 0) is 9.47 Å². The summed E-state index contributed by atoms with van der Waals surface area (Å²) < 4.78 is 10.5. The fourth-order valence-electron chi connectivity index (χ4n) is 1.51. The van der Waals surface area contributed by atoms with E-state index in [0.29, 0.717) is 5.88 Å². The predicted molar refractivity (Wildman–Crippen MR) is 53.4 cm³/mol. The fourth-order valence-corrected chi connectivity index (χ4v) is 1.70. The highest BCUT2D eigenvalue weighted by molar-refractivity contribution is 6.18. The van der Waals surface area contributed by atoms with Gasteiger partial charge >= 0.3 is 0 Å². The average molecular weight is 208 g/mol. The Kier molecular flexibility index (Phi) is 5.71. The van der Waals surface area contributed by atoms with Gasteiger partial charge in [-0.25, -0.2) is 0 Å². The highest BCUT2D eigenvalue weighted by atomic mass is 35.5. The smallest absolute Gasteiger partial charge is 0.0837 e. The van der Waals surface area contributed by atoms with Crippen LogP contribution in [0, 0.1) is 0 Å². The van der Waals surface area contributed by atoms with Gasteiger partial charge in [0.2, 0.25) is 0 Å². The molecule has 1 saturated heterocycles. The molecule has 1 rings (SSSR count). The maximum atomic E-state index is 5.73. The lowest BCUT2D eigenvalue weighted by Crippen LogP contribution is -2.43. The van der Waals surface area contributed by atoms with E-state index >= 15 is 0 Å². The summed E-state index contributed by atoms with van der Waals surface area (Å²) in [6.07, 6.45) is 1.31. The minimum Gasteiger partial charge on any atom is -0.385 e. The molecule has 0 saturated carbocycles. The monoisotopic (exact) mass is 207 g/mol. The topological polar surface area (TPSA) is 21.7 Å². The first-order chi connectivity index (χ1) is 6.36. The first-order valence-corrected chi connectivity index (χ1v) is 5.29. The second kappa shape index (κ2) is 6.60. The van der Waals surface area contributed by atoms with Crippen molar-refractivity contribution in [3.05, 3.63) is 0 Å². The first kappa shape index (κ1) is 11.2. The van der Waals surface area contributed by atoms with E-state index < -0.39 is 0 Å². The van der Waals surface area contributed by atoms with Crippen LogP contribution in [0.1, 0.15) is 6.42 Å². The number of halogens is 1. The van der Waals surface area contributed by atoms with Crippen molar-refractivity contribution in [3.8, 4) is 0 Å². The molecule has 1 unspecified atom stereocenters. The van der Waals surface area contributed by atoms with Gasteiger partial charge in [-0.3, -0.25) is 4.90 Å². The average Bonchev–Trinajstić information content (AvgIpc) is 2.19. The molecule has 0 aromatic carbocycles. The molecule has 13 heavy (non-hydrogen) atoms. The molecule has 1 aliphatic heterocycles. The number of morpholine rings is 1. The summed E-state index contributed by atoms with van der Waals surface area (Å²) >= 11 is 5.73. The molecule has 0 bridgehead atoms. The number of rotatable bonds is 5. The molecule has 1 fully saturated rings. The molecular weight excluding hydrogens is 190 g/mol. The molecule has 0 N–H and O–H groups in total. The molecule has 0 aromatic heterocycles. The zero-order chi connectivity index (χ0) is 9.52. The second-order valence-corrected chi connectivity index (χ2v) is 3.60. The second-order valence-electron chi connectivity index (χ2n) is 3.29. The van der Waals surface area contributed by atoms with E-state index in [1.54, 1.807) is 7.11 Å². The van der Waals surface area contributed by atoms with Crippen LogP contribution in [0.25, 0.3) is 0 Å². The number of alkyl halides is 1. The van der Waals surface area contributed by atoms with Crippen molar-refractivity contribution in [2.24, 2.45) is 0 Å². The van der Waals surface area contributed by atoms with Gasteiger partial charge in [0.15, 0.2) is 0 Å². The number of hydrogen-bond acceptors (Lipinski definition) is 3. The van der Waals surface area contributed by atoms with E-state index in [2.05, 4.69) is 4.90 Å². The zero-order valence-corrected chi connectivity index (χ0v) is 8.92. The summed E-state index contributed by atoms with van der Waals surface area (Å²) in [5.41, 5.74) is 0. The molecule has 3 nitrogen and oxygen atoms in total. The van der Waals surface area contributed by atoms with Crippen molar-refractivity contribution in [1.29, 1.82) is 0 Å². The van der Waals surface area contributed by atoms with Crippen LogP contribution in [-0.4, -0.2) is 56.8 Å². The third-order valence-electron chi connectivity index (χ3n) is 2.22. The molecule has 0 aromatic rings. The molecular formula is C9H18ClNO2. The molecule has 0 aliphatic carbocycles. The van der Waals surface area contributed by atoms with Crippen molar-refractivity contribution in [2.45, 2.75) is 12.5 Å². The van der Waals surface area contributed by atoms with Gasteiger partial charge in [-0.15, -0.1) is 11.6 Å². The highest BCUT2D eigenvalue weighted by Gasteiger charge is 2.18. The van der Waals surface area contributed by atoms with E-state index in [4.69, 9.17) is 21.1 Å². The van der Waals surface area contributed by atoms with E-state index in [1.807, 2.05) is 0 Å². The minimum absolute atomic E-state index is 0.220. The molecule has 78 valence electrons. The van der Waals surface area contributed by atoms with Crippen molar-refractivity contribution < 1.29 is 9.47 Å². The zero-order valence-electron chi connectivity index (χ0n) is 8.17. The Hall–Kier alpha value is 0.170. The Balaban J connectivity index is 2.11. The lowest BCUT2D eigenvalue weighted by Gasteiger charge is -2.31. The summed E-state index contributed by atoms with van der Waals surface area (Å²) in [5.74, 6) is 0.598. The van der Waals surface area contributed by atoms with Crippen LogP contribution in [0.2, 0.25) is 0 Å². The van der Waals surface area contributed by atoms with Gasteiger partial charge in [0.05, 0.1) is 12.7 Å². The molecule has 0 spiro atoms. The van der Waals surface area contributed by atoms with E-state index in [9.17, 15) is 0 Å². The summed E-state index contributed by atoms with van der Waals surface area (Å²) in [7, 11) is 1.74. The first-order valence-electron chi connectivity index (χ1n) is 4.75. The lowest BCUT2D eigenvalue weighted by molar-refractivity contribution is -0.0183. The van der Waals surface area contributed by atoms with Gasteiger partial charge in [-0.2, -0.15) is 0 Å². The Bertz CT molecular complexity index is 135. The van der Waals surface area contributed by atoms with Gasteiger partial charge in [0.25, 0.3) is 0 Å². The standard InChI is InChI=1S/C9H18ClNO2/c1-12-5-2-3-11-4-6-13-9(7-10)8-11/h9H,2-8H2,1H3. The highest BCUT2D eigenvalue weighted by Crippen LogP contribution is 2.06. The molecule has 4 heteroatoms. The Morgan fingerprint density at radius 2 is 2.46 bits per heavy atom. The summed E-state index contributed by atoms with van der Waals surface area (Å²) in [6.45, 7) is 4.72. The number of nitrogens with zero attached hydrogens (tertiary/aromatic N) is 1. The normalized spacial score (nSPS) is 24.9. The largest absolute Gasteiger partial charge is 0.385 e. The summed E-state index contributed by atoms with van der Waals surface area (Å²) in [4.78, 5) is 2.38. The Morgan fingerprint density at radius 1 is 1.62 bits per heavy atom. The van der Waals surface area contributed by atoms with Crippen molar-refractivity contribution in [1.82, 2.24) is 4.90 Å². The number of ether oxygens (including phenoxy) is 2. The van der Waals surface area contributed by atoms with Crippen LogP contribution in [0.3, 0.4) is 0 Å². The molecule has 1 atom stereocenters. The van der Waals surface area contributed by atoms with Crippen LogP contribution in [0.4, 0.5) is 0 Å². The number of hydrogen-bond donors (Lipinski definition) is 0. The van der Waals surface area contributed by atoms with Gasteiger partial charge in [0, 0.05) is 39.2 Å². The van der Waals surface area contributed by atoms with Crippen LogP contribution >= 0.6 is 11.6 Å². The summed E-state index contributed by atoms with van der Waals surface area (Å²) in [6, 6.07) is 0. The third-order valence-corrected chi connectivity index (χ3v) is 2.56.